The molecule has 2 heterocycles. The van der Waals surface area contributed by atoms with Gasteiger partial charge in [0.15, 0.2) is 5.76 Å². The highest BCUT2D eigenvalue weighted by Crippen LogP contribution is 2.30. The van der Waals surface area contributed by atoms with E-state index < -0.39 is 17.2 Å². The summed E-state index contributed by atoms with van der Waals surface area (Å²) >= 11 is 0. The summed E-state index contributed by atoms with van der Waals surface area (Å²) in [7, 11) is 0. The topological polar surface area (TPSA) is 99.6 Å². The van der Waals surface area contributed by atoms with Crippen molar-refractivity contribution in [1.29, 1.82) is 0 Å². The third-order valence-electron chi connectivity index (χ3n) is 5.88. The molecule has 0 saturated heterocycles. The predicted molar refractivity (Wildman–Crippen MR) is 146 cm³/mol. The van der Waals surface area contributed by atoms with Crippen LogP contribution in [0.25, 0.3) is 0 Å². The fourth-order valence-corrected chi connectivity index (χ4v) is 3.79. The van der Waals surface area contributed by atoms with Crippen molar-refractivity contribution in [3.05, 3.63) is 128 Å². The third-order valence-corrected chi connectivity index (χ3v) is 5.88. The largest absolute Gasteiger partial charge is 0.481 e. The molecular formula is C31H30N2O6. The average molecular weight is 527 g/mol. The number of unbranched alkanes of at least 4 members (excludes halogenated alkanes) is 3. The van der Waals surface area contributed by atoms with Gasteiger partial charge in [-0.05, 0) is 23.6 Å². The van der Waals surface area contributed by atoms with E-state index in [2.05, 4.69) is 23.7 Å². The number of aromatic nitrogens is 2. The van der Waals surface area contributed by atoms with Crippen LogP contribution in [0.4, 0.5) is 0 Å². The van der Waals surface area contributed by atoms with Gasteiger partial charge in [0, 0.05) is 19.2 Å². The second-order valence-electron chi connectivity index (χ2n) is 8.88. The molecule has 200 valence electrons. The Hall–Kier alpha value is -4.77. The van der Waals surface area contributed by atoms with E-state index in [1.807, 2.05) is 60.7 Å². The van der Waals surface area contributed by atoms with Gasteiger partial charge in [-0.25, -0.2) is 9.59 Å². The van der Waals surface area contributed by atoms with Crippen LogP contribution < -0.4 is 11.2 Å². The first kappa shape index (κ1) is 27.3. The molecular weight excluding hydrogens is 496 g/mol. The van der Waals surface area contributed by atoms with Crippen molar-refractivity contribution in [3.63, 3.8) is 0 Å². The van der Waals surface area contributed by atoms with Crippen LogP contribution in [0.1, 0.15) is 49.3 Å². The van der Waals surface area contributed by atoms with Crippen molar-refractivity contribution in [1.82, 2.24) is 9.55 Å². The number of aromatic amines is 1. The fraction of sp³-hybridized carbons (Fsp3) is 0.258. The maximum atomic E-state index is 12.7. The van der Waals surface area contributed by atoms with Crippen LogP contribution in [0.5, 0.6) is 0 Å². The van der Waals surface area contributed by atoms with E-state index in [0.717, 1.165) is 30.4 Å². The minimum atomic E-state index is -0.687. The number of carbonyl (C=O) groups is 1. The molecule has 4 rings (SSSR count). The van der Waals surface area contributed by atoms with Crippen LogP contribution in [0.15, 0.2) is 99.8 Å². The zero-order valence-electron chi connectivity index (χ0n) is 21.8. The number of ether oxygens (including phenoxy) is 3. The van der Waals surface area contributed by atoms with Crippen molar-refractivity contribution >= 4 is 5.97 Å². The molecule has 0 saturated carbocycles. The zero-order chi connectivity index (χ0) is 27.5. The Balaban J connectivity index is 1.57. The molecule has 8 nitrogen and oxygen atoms in total. The minimum absolute atomic E-state index is 0.00685. The number of nitrogens with one attached hydrogen (secondary N) is 1. The Bertz CT molecular complexity index is 1520. The smallest absolute Gasteiger partial charge is 0.383 e. The number of esters is 1. The molecule has 39 heavy (non-hydrogen) atoms. The molecule has 0 fully saturated rings. The summed E-state index contributed by atoms with van der Waals surface area (Å²) < 4.78 is 18.6. The molecule has 2 aromatic carbocycles. The van der Waals surface area contributed by atoms with E-state index in [9.17, 15) is 14.4 Å². The second kappa shape index (κ2) is 13.7. The van der Waals surface area contributed by atoms with Crippen LogP contribution in [-0.4, -0.2) is 15.5 Å². The Morgan fingerprint density at radius 2 is 1.54 bits per heavy atom. The summed E-state index contributed by atoms with van der Waals surface area (Å²) in [6.45, 7) is 2.44. The molecule has 8 heteroatoms. The lowest BCUT2D eigenvalue weighted by Crippen LogP contribution is -2.30. The quantitative estimate of drug-likeness (QED) is 0.224. The first-order valence-corrected chi connectivity index (χ1v) is 12.9. The number of H-pyrrole nitrogens is 1. The molecule has 1 N–H and O–H groups in total. The molecule has 1 aliphatic heterocycles. The van der Waals surface area contributed by atoms with Crippen molar-refractivity contribution in [2.75, 3.05) is 0 Å². The first-order chi connectivity index (χ1) is 19.0. The number of cyclic esters (lactones) is 1. The number of nitrogens with zero attached hydrogens (tertiary/aromatic N) is 1. The van der Waals surface area contributed by atoms with Gasteiger partial charge in [0.2, 0.25) is 5.76 Å². The number of hydrogen-bond acceptors (Lipinski definition) is 6. The second-order valence-corrected chi connectivity index (χ2v) is 8.88. The van der Waals surface area contributed by atoms with E-state index in [1.54, 1.807) is 0 Å². The predicted octanol–water partition coefficient (Wildman–Crippen LogP) is 4.55. The minimum Gasteiger partial charge on any atom is -0.481 e. The van der Waals surface area contributed by atoms with Crippen molar-refractivity contribution < 1.29 is 19.0 Å². The summed E-state index contributed by atoms with van der Waals surface area (Å²) in [6.07, 6.45) is 6.71. The molecule has 1 aliphatic rings. The van der Waals surface area contributed by atoms with Crippen LogP contribution in [0, 0.1) is 11.8 Å². The Morgan fingerprint density at radius 3 is 2.18 bits per heavy atom. The lowest BCUT2D eigenvalue weighted by Gasteiger charge is -2.10. The van der Waals surface area contributed by atoms with Gasteiger partial charge in [0.05, 0.1) is 0 Å². The van der Waals surface area contributed by atoms with E-state index in [0.29, 0.717) is 6.42 Å². The number of rotatable bonds is 11. The monoisotopic (exact) mass is 526 g/mol. The Morgan fingerprint density at radius 1 is 0.897 bits per heavy atom. The maximum absolute atomic E-state index is 12.7. The van der Waals surface area contributed by atoms with Crippen LogP contribution in [0.3, 0.4) is 0 Å². The van der Waals surface area contributed by atoms with E-state index in [-0.39, 0.29) is 42.6 Å². The van der Waals surface area contributed by atoms with Gasteiger partial charge >= 0.3 is 11.7 Å². The highest BCUT2D eigenvalue weighted by atomic mass is 16.6. The molecule has 3 aromatic rings. The molecule has 0 aliphatic carbocycles. The van der Waals surface area contributed by atoms with Gasteiger partial charge in [0.1, 0.15) is 18.8 Å². The molecule has 0 spiro atoms. The highest BCUT2D eigenvalue weighted by molar-refractivity contribution is 5.91. The maximum Gasteiger partial charge on any atom is 0.383 e. The molecule has 0 amide bonds. The van der Waals surface area contributed by atoms with E-state index >= 15 is 0 Å². The van der Waals surface area contributed by atoms with Crippen LogP contribution in [-0.2, 0) is 38.8 Å². The van der Waals surface area contributed by atoms with Gasteiger partial charge in [-0.1, -0.05) is 92.3 Å². The lowest BCUT2D eigenvalue weighted by molar-refractivity contribution is -0.136. The van der Waals surface area contributed by atoms with E-state index in [1.165, 1.54) is 16.8 Å². The van der Waals surface area contributed by atoms with Gasteiger partial charge in [-0.3, -0.25) is 14.3 Å². The lowest BCUT2D eigenvalue weighted by atomic mass is 10.2. The Labute approximate surface area is 226 Å². The van der Waals surface area contributed by atoms with Gasteiger partial charge in [0.25, 0.3) is 11.3 Å². The average Bonchev–Trinajstić information content (AvgIpc) is 3.25. The number of carbonyl (C=O) groups excluding carboxylic acids is 1. The van der Waals surface area contributed by atoms with Crippen LogP contribution in [0.2, 0.25) is 0 Å². The normalized spacial score (nSPS) is 13.7. The van der Waals surface area contributed by atoms with Crippen molar-refractivity contribution in [2.24, 2.45) is 0 Å². The summed E-state index contributed by atoms with van der Waals surface area (Å²) in [5, 5.41) is 0. The molecule has 0 unspecified atom stereocenters. The number of hydrogen-bond donors (Lipinski definition) is 1. The molecule has 0 radical (unpaired) electrons. The van der Waals surface area contributed by atoms with E-state index in [4.69, 9.17) is 14.2 Å². The summed E-state index contributed by atoms with van der Waals surface area (Å²) in [5.41, 5.74) is 0.818. The summed E-state index contributed by atoms with van der Waals surface area (Å²) in [5.74, 6) is 5.37. The fourth-order valence-electron chi connectivity index (χ4n) is 3.79. The highest BCUT2D eigenvalue weighted by Gasteiger charge is 2.34. The number of benzene rings is 2. The van der Waals surface area contributed by atoms with Gasteiger partial charge in [-0.2, -0.15) is 0 Å². The third kappa shape index (κ3) is 7.62. The molecule has 1 aromatic heterocycles. The molecule has 0 atom stereocenters. The number of allylic oxidation sites excluding steroid dienone is 1. The van der Waals surface area contributed by atoms with Crippen molar-refractivity contribution in [2.45, 2.75) is 52.4 Å². The van der Waals surface area contributed by atoms with Crippen molar-refractivity contribution in [3.8, 4) is 11.8 Å². The van der Waals surface area contributed by atoms with Gasteiger partial charge in [-0.15, -0.1) is 0 Å². The van der Waals surface area contributed by atoms with Gasteiger partial charge < -0.3 is 14.2 Å². The molecule has 0 bridgehead atoms. The standard InChI is InChI=1S/C31H30N2O6/c1-2-3-4-5-12-17-25-20-33(31(36)32-29(25)34)19-18-26-27(37-21-23-13-8-6-9-14-23)28(30(35)39-26)38-22-24-15-10-7-11-16-24/h6-11,13-16,18,20H,2-5,19,21-22H2,1H3,(H,32,34,36)/b26-18-. The summed E-state index contributed by atoms with van der Waals surface area (Å²) in [4.78, 5) is 39.7. The Kier molecular flexibility index (Phi) is 9.57. The van der Waals surface area contributed by atoms with Crippen LogP contribution >= 0.6 is 0 Å². The SMILES string of the molecule is CCCCCC#Cc1cn(C/C=C2\OC(=O)C(OCc3ccccc3)=C2OCc2ccccc2)c(=O)[nH]c1=O. The summed E-state index contributed by atoms with van der Waals surface area (Å²) in [6, 6.07) is 18.9. The first-order valence-electron chi connectivity index (χ1n) is 12.9. The zero-order valence-corrected chi connectivity index (χ0v) is 21.8.